The predicted molar refractivity (Wildman–Crippen MR) is 76.1 cm³/mol. The second-order valence-corrected chi connectivity index (χ2v) is 9.63. The van der Waals surface area contributed by atoms with E-state index in [1.807, 2.05) is 0 Å². The number of hydrogen-bond acceptors (Lipinski definition) is 4. The van der Waals surface area contributed by atoms with E-state index in [0.29, 0.717) is 0 Å². The first-order valence-corrected chi connectivity index (χ1v) is 9.86. The molecule has 5 nitrogen and oxygen atoms in total. The summed E-state index contributed by atoms with van der Waals surface area (Å²) in [5.41, 5.74) is 0. The molecule has 1 heterocycles. The fourth-order valence-corrected chi connectivity index (χ4v) is 5.77. The molecule has 2 rings (SSSR count). The molecular formula is C11H13BrFNO4S2. The van der Waals surface area contributed by atoms with Gasteiger partial charge in [-0.2, -0.15) is 4.31 Å². The van der Waals surface area contributed by atoms with Crippen LogP contribution in [0.3, 0.4) is 0 Å². The first-order valence-electron chi connectivity index (χ1n) is 5.81. The van der Waals surface area contributed by atoms with Crippen LogP contribution in [0.5, 0.6) is 0 Å². The van der Waals surface area contributed by atoms with Gasteiger partial charge in [0.1, 0.15) is 5.82 Å². The Labute approximate surface area is 125 Å². The Morgan fingerprint density at radius 2 is 2.05 bits per heavy atom. The van der Waals surface area contributed by atoms with Crippen LogP contribution in [0.1, 0.15) is 6.92 Å². The number of sulfone groups is 1. The summed E-state index contributed by atoms with van der Waals surface area (Å²) in [7, 11) is -7.10. The van der Waals surface area contributed by atoms with Crippen molar-refractivity contribution in [2.45, 2.75) is 17.9 Å². The van der Waals surface area contributed by atoms with E-state index in [9.17, 15) is 21.2 Å². The molecule has 0 aliphatic carbocycles. The largest absolute Gasteiger partial charge is 0.243 e. The summed E-state index contributed by atoms with van der Waals surface area (Å²) in [5.74, 6) is -1.11. The average molecular weight is 386 g/mol. The van der Waals surface area contributed by atoms with Crippen LogP contribution in [0.2, 0.25) is 0 Å². The summed E-state index contributed by atoms with van der Waals surface area (Å²) in [4.78, 5) is -0.177. The molecule has 0 saturated carbocycles. The number of nitrogens with zero attached hydrogens (tertiary/aromatic N) is 1. The normalized spacial score (nSPS) is 23.6. The highest BCUT2D eigenvalue weighted by atomic mass is 79.9. The van der Waals surface area contributed by atoms with Crippen LogP contribution in [-0.2, 0) is 19.9 Å². The maximum atomic E-state index is 13.5. The highest BCUT2D eigenvalue weighted by molar-refractivity contribution is 9.10. The Morgan fingerprint density at radius 1 is 1.40 bits per heavy atom. The number of benzene rings is 1. The van der Waals surface area contributed by atoms with Crippen molar-refractivity contribution in [3.8, 4) is 0 Å². The third-order valence-corrected chi connectivity index (χ3v) is 7.55. The summed E-state index contributed by atoms with van der Waals surface area (Å²) in [6.45, 7) is 1.42. The highest BCUT2D eigenvalue weighted by Gasteiger charge is 2.36. The van der Waals surface area contributed by atoms with Crippen LogP contribution in [0.4, 0.5) is 4.39 Å². The van der Waals surface area contributed by atoms with Gasteiger partial charge in [-0.3, -0.25) is 0 Å². The number of halogens is 2. The van der Waals surface area contributed by atoms with Crippen molar-refractivity contribution in [3.63, 3.8) is 0 Å². The quantitative estimate of drug-likeness (QED) is 0.771. The van der Waals surface area contributed by atoms with Crippen LogP contribution in [-0.4, -0.2) is 45.2 Å². The number of sulfonamides is 1. The molecule has 0 bridgehead atoms. The Hall–Kier alpha value is -0.510. The zero-order valence-corrected chi connectivity index (χ0v) is 13.8. The molecule has 1 atom stereocenters. The summed E-state index contributed by atoms with van der Waals surface area (Å²) in [6.07, 6.45) is 0. The van der Waals surface area contributed by atoms with Gasteiger partial charge in [0.2, 0.25) is 10.0 Å². The molecule has 1 aromatic rings. The van der Waals surface area contributed by atoms with Gasteiger partial charge in [0.05, 0.1) is 20.9 Å². The van der Waals surface area contributed by atoms with E-state index in [4.69, 9.17) is 0 Å². The Kier molecular flexibility index (Phi) is 4.25. The summed E-state index contributed by atoms with van der Waals surface area (Å²) in [5, 5.41) is 0. The van der Waals surface area contributed by atoms with Crippen molar-refractivity contribution < 1.29 is 21.2 Å². The van der Waals surface area contributed by atoms with E-state index < -0.39 is 31.7 Å². The average Bonchev–Trinajstić information content (AvgIpc) is 2.30. The molecule has 112 valence electrons. The lowest BCUT2D eigenvalue weighted by Gasteiger charge is -2.32. The molecule has 1 unspecified atom stereocenters. The van der Waals surface area contributed by atoms with Crippen LogP contribution in [0.25, 0.3) is 0 Å². The minimum Gasteiger partial charge on any atom is -0.229 e. The zero-order valence-electron chi connectivity index (χ0n) is 10.6. The SMILES string of the molecule is CC1CS(=O)(=O)CCN1S(=O)(=O)c1ccc(Br)c(F)c1. The van der Waals surface area contributed by atoms with E-state index in [1.54, 1.807) is 0 Å². The Bertz CT molecular complexity index is 733. The molecule has 1 aliphatic rings. The fraction of sp³-hybridized carbons (Fsp3) is 0.455. The maximum Gasteiger partial charge on any atom is 0.243 e. The molecule has 0 aromatic heterocycles. The van der Waals surface area contributed by atoms with E-state index in [1.165, 1.54) is 19.1 Å². The molecule has 0 spiro atoms. The first kappa shape index (κ1) is 15.9. The van der Waals surface area contributed by atoms with Gasteiger partial charge in [0, 0.05) is 12.6 Å². The molecule has 1 aromatic carbocycles. The molecule has 1 aliphatic heterocycles. The smallest absolute Gasteiger partial charge is 0.229 e. The van der Waals surface area contributed by atoms with Gasteiger partial charge in [-0.05, 0) is 41.1 Å². The second-order valence-electron chi connectivity index (χ2n) is 4.66. The van der Waals surface area contributed by atoms with Crippen LogP contribution < -0.4 is 0 Å². The second kappa shape index (κ2) is 5.36. The van der Waals surface area contributed by atoms with Gasteiger partial charge >= 0.3 is 0 Å². The topological polar surface area (TPSA) is 71.5 Å². The molecule has 20 heavy (non-hydrogen) atoms. The van der Waals surface area contributed by atoms with E-state index in [2.05, 4.69) is 15.9 Å². The van der Waals surface area contributed by atoms with Crippen LogP contribution in [0.15, 0.2) is 27.6 Å². The number of rotatable bonds is 2. The van der Waals surface area contributed by atoms with Crippen molar-refractivity contribution in [3.05, 3.63) is 28.5 Å². The predicted octanol–water partition coefficient (Wildman–Crippen LogP) is 1.40. The lowest BCUT2D eigenvalue weighted by atomic mass is 10.3. The standard InChI is InChI=1S/C11H13BrFNO4S2/c1-8-7-19(15,16)5-4-14(8)20(17,18)9-2-3-10(12)11(13)6-9/h2-3,6,8H,4-5,7H2,1H3. The molecule has 0 radical (unpaired) electrons. The summed E-state index contributed by atoms with van der Waals surface area (Å²) in [6, 6.07) is 2.87. The molecule has 9 heteroatoms. The minimum atomic E-state index is -3.89. The molecular weight excluding hydrogens is 373 g/mol. The first-order chi connectivity index (χ1) is 9.13. The third kappa shape index (κ3) is 3.05. The Balaban J connectivity index is 2.38. The fourth-order valence-electron chi connectivity index (χ4n) is 2.11. The highest BCUT2D eigenvalue weighted by Crippen LogP contribution is 2.25. The molecule has 0 N–H and O–H groups in total. The van der Waals surface area contributed by atoms with Gasteiger partial charge in [-0.1, -0.05) is 0 Å². The summed E-state index contributed by atoms with van der Waals surface area (Å²) < 4.78 is 62.6. The minimum absolute atomic E-state index is 0.108. The van der Waals surface area contributed by atoms with E-state index >= 15 is 0 Å². The van der Waals surface area contributed by atoms with E-state index in [-0.39, 0.29) is 27.4 Å². The third-order valence-electron chi connectivity index (χ3n) is 3.11. The molecule has 1 fully saturated rings. The van der Waals surface area contributed by atoms with Crippen molar-refractivity contribution in [1.29, 1.82) is 0 Å². The van der Waals surface area contributed by atoms with E-state index in [0.717, 1.165) is 10.4 Å². The number of hydrogen-bond donors (Lipinski definition) is 0. The van der Waals surface area contributed by atoms with Gasteiger partial charge in [0.25, 0.3) is 0 Å². The van der Waals surface area contributed by atoms with Crippen molar-refractivity contribution in [2.75, 3.05) is 18.1 Å². The van der Waals surface area contributed by atoms with Crippen molar-refractivity contribution in [2.24, 2.45) is 0 Å². The lowest BCUT2D eigenvalue weighted by molar-refractivity contribution is 0.356. The summed E-state index contributed by atoms with van der Waals surface area (Å²) >= 11 is 2.96. The van der Waals surface area contributed by atoms with Gasteiger partial charge in [-0.25, -0.2) is 21.2 Å². The molecule has 0 amide bonds. The van der Waals surface area contributed by atoms with Crippen LogP contribution in [0, 0.1) is 5.82 Å². The van der Waals surface area contributed by atoms with Gasteiger partial charge < -0.3 is 0 Å². The Morgan fingerprint density at radius 3 is 2.60 bits per heavy atom. The molecule has 1 saturated heterocycles. The lowest BCUT2D eigenvalue weighted by Crippen LogP contribution is -2.49. The maximum absolute atomic E-state index is 13.5. The monoisotopic (exact) mass is 385 g/mol. The van der Waals surface area contributed by atoms with Crippen molar-refractivity contribution >= 4 is 35.8 Å². The zero-order chi connectivity index (χ0) is 15.1. The van der Waals surface area contributed by atoms with Gasteiger partial charge in [-0.15, -0.1) is 0 Å². The van der Waals surface area contributed by atoms with Crippen molar-refractivity contribution in [1.82, 2.24) is 4.31 Å². The van der Waals surface area contributed by atoms with Gasteiger partial charge in [0.15, 0.2) is 9.84 Å². The van der Waals surface area contributed by atoms with Crippen LogP contribution >= 0.6 is 15.9 Å².